The first-order valence-corrected chi connectivity index (χ1v) is 7.93. The average Bonchev–Trinajstić information content (AvgIpc) is 2.44. The van der Waals surface area contributed by atoms with Crippen LogP contribution in [0, 0.1) is 0 Å². The number of hydrogen-bond acceptors (Lipinski definition) is 4. The van der Waals surface area contributed by atoms with Crippen molar-refractivity contribution >= 4 is 0 Å². The lowest BCUT2D eigenvalue weighted by atomic mass is 9.82. The van der Waals surface area contributed by atoms with E-state index in [0.717, 1.165) is 25.7 Å². The second-order valence-corrected chi connectivity index (χ2v) is 5.27. The molecule has 0 aliphatic heterocycles. The lowest BCUT2D eigenvalue weighted by molar-refractivity contribution is -0.136. The lowest BCUT2D eigenvalue weighted by Gasteiger charge is -2.31. The molecular formula is C16H30O4. The van der Waals surface area contributed by atoms with Gasteiger partial charge < -0.3 is 19.3 Å². The molecule has 1 rings (SSSR count). The van der Waals surface area contributed by atoms with Gasteiger partial charge >= 0.3 is 0 Å². The number of aliphatic hydroxyl groups is 1. The molecule has 1 aliphatic carbocycles. The van der Waals surface area contributed by atoms with Gasteiger partial charge in [-0.3, -0.25) is 0 Å². The minimum atomic E-state index is -0.580. The standard InChI is InChI=1S/C16H30O4/c1-4-18-14(15(19-5-2)20-6-3)10-13-16(17)11-8-7-9-12-16/h10,15,17H,4-9,11-13H2,1-3H3/b14-10+. The van der Waals surface area contributed by atoms with E-state index in [2.05, 4.69) is 0 Å². The van der Waals surface area contributed by atoms with Crippen molar-refractivity contribution in [3.05, 3.63) is 11.8 Å². The highest BCUT2D eigenvalue weighted by Gasteiger charge is 2.29. The molecule has 0 radical (unpaired) electrons. The van der Waals surface area contributed by atoms with Gasteiger partial charge in [-0.25, -0.2) is 0 Å². The zero-order valence-corrected chi connectivity index (χ0v) is 13.2. The summed E-state index contributed by atoms with van der Waals surface area (Å²) < 4.78 is 16.8. The largest absolute Gasteiger partial charge is 0.493 e. The van der Waals surface area contributed by atoms with Crippen molar-refractivity contribution < 1.29 is 19.3 Å². The molecule has 118 valence electrons. The van der Waals surface area contributed by atoms with Crippen LogP contribution in [-0.2, 0) is 14.2 Å². The molecule has 1 fully saturated rings. The molecule has 0 amide bonds. The van der Waals surface area contributed by atoms with Crippen LogP contribution in [0.15, 0.2) is 11.8 Å². The van der Waals surface area contributed by atoms with Crippen LogP contribution in [0.25, 0.3) is 0 Å². The first kappa shape index (κ1) is 17.5. The third-order valence-corrected chi connectivity index (χ3v) is 3.65. The molecule has 0 aromatic carbocycles. The van der Waals surface area contributed by atoms with Gasteiger partial charge in [-0.15, -0.1) is 0 Å². The summed E-state index contributed by atoms with van der Waals surface area (Å²) in [4.78, 5) is 0. The minimum Gasteiger partial charge on any atom is -0.493 e. The topological polar surface area (TPSA) is 47.9 Å². The van der Waals surface area contributed by atoms with Gasteiger partial charge in [0.15, 0.2) is 0 Å². The normalized spacial score (nSPS) is 19.4. The Kier molecular flexibility index (Phi) is 8.19. The predicted octanol–water partition coefficient (Wildman–Crippen LogP) is 3.39. The molecule has 4 nitrogen and oxygen atoms in total. The molecule has 0 aromatic heterocycles. The van der Waals surface area contributed by atoms with E-state index < -0.39 is 11.9 Å². The molecule has 0 atom stereocenters. The minimum absolute atomic E-state index is 0.461. The Labute approximate surface area is 123 Å². The van der Waals surface area contributed by atoms with Crippen LogP contribution in [0.2, 0.25) is 0 Å². The fourth-order valence-corrected chi connectivity index (χ4v) is 2.61. The maximum absolute atomic E-state index is 10.5. The number of hydrogen-bond donors (Lipinski definition) is 1. The second kappa shape index (κ2) is 9.37. The number of rotatable bonds is 9. The summed E-state index contributed by atoms with van der Waals surface area (Å²) in [6, 6.07) is 0. The quantitative estimate of drug-likeness (QED) is 0.521. The van der Waals surface area contributed by atoms with Gasteiger partial charge in [0.2, 0.25) is 6.29 Å². The van der Waals surface area contributed by atoms with Crippen LogP contribution >= 0.6 is 0 Å². The van der Waals surface area contributed by atoms with Crippen LogP contribution < -0.4 is 0 Å². The molecule has 0 spiro atoms. The fraction of sp³-hybridized carbons (Fsp3) is 0.875. The average molecular weight is 286 g/mol. The zero-order valence-electron chi connectivity index (χ0n) is 13.2. The molecule has 0 bridgehead atoms. The summed E-state index contributed by atoms with van der Waals surface area (Å²) in [5.74, 6) is 0.690. The van der Waals surface area contributed by atoms with Crippen molar-refractivity contribution in [1.82, 2.24) is 0 Å². The SMILES string of the molecule is CCO/C(=C/CC1(O)CCCCC1)C(OCC)OCC. The predicted molar refractivity (Wildman–Crippen MR) is 79.4 cm³/mol. The fourth-order valence-electron chi connectivity index (χ4n) is 2.61. The molecule has 20 heavy (non-hydrogen) atoms. The first-order valence-electron chi connectivity index (χ1n) is 7.93. The summed E-state index contributed by atoms with van der Waals surface area (Å²) in [6.45, 7) is 7.52. The van der Waals surface area contributed by atoms with Crippen LogP contribution in [0.3, 0.4) is 0 Å². The van der Waals surface area contributed by atoms with E-state index in [1.54, 1.807) is 0 Å². The summed E-state index contributed by atoms with van der Waals surface area (Å²) in [5, 5.41) is 10.5. The molecule has 1 N–H and O–H groups in total. The van der Waals surface area contributed by atoms with E-state index in [1.807, 2.05) is 26.8 Å². The third-order valence-electron chi connectivity index (χ3n) is 3.65. The molecule has 0 unspecified atom stereocenters. The second-order valence-electron chi connectivity index (χ2n) is 5.27. The number of ether oxygens (including phenoxy) is 3. The Bertz CT molecular complexity index is 276. The Balaban J connectivity index is 2.68. The van der Waals surface area contributed by atoms with E-state index in [-0.39, 0.29) is 0 Å². The van der Waals surface area contributed by atoms with Crippen molar-refractivity contribution in [1.29, 1.82) is 0 Å². The van der Waals surface area contributed by atoms with Crippen molar-refractivity contribution in [3.8, 4) is 0 Å². The van der Waals surface area contributed by atoms with Crippen molar-refractivity contribution in [2.24, 2.45) is 0 Å². The van der Waals surface area contributed by atoms with Gasteiger partial charge in [-0.2, -0.15) is 0 Å². The van der Waals surface area contributed by atoms with Crippen LogP contribution in [-0.4, -0.2) is 36.8 Å². The Morgan fingerprint density at radius 1 is 1.05 bits per heavy atom. The molecule has 0 heterocycles. The summed E-state index contributed by atoms with van der Waals surface area (Å²) in [6.07, 6.45) is 7.28. The van der Waals surface area contributed by atoms with E-state index >= 15 is 0 Å². The Morgan fingerprint density at radius 3 is 2.15 bits per heavy atom. The monoisotopic (exact) mass is 286 g/mol. The van der Waals surface area contributed by atoms with Gasteiger partial charge in [-0.05, 0) is 46.1 Å². The summed E-state index contributed by atoms with van der Waals surface area (Å²) >= 11 is 0. The molecule has 0 aromatic rings. The van der Waals surface area contributed by atoms with Gasteiger partial charge in [0, 0.05) is 13.2 Å². The van der Waals surface area contributed by atoms with E-state index in [1.165, 1.54) is 6.42 Å². The van der Waals surface area contributed by atoms with Gasteiger partial charge in [0.1, 0.15) is 5.76 Å². The van der Waals surface area contributed by atoms with E-state index in [0.29, 0.717) is 32.0 Å². The first-order chi connectivity index (χ1) is 9.65. The molecule has 4 heteroatoms. The summed E-state index contributed by atoms with van der Waals surface area (Å²) in [7, 11) is 0. The molecular weight excluding hydrogens is 256 g/mol. The van der Waals surface area contributed by atoms with Crippen molar-refractivity contribution in [3.63, 3.8) is 0 Å². The Morgan fingerprint density at radius 2 is 1.65 bits per heavy atom. The zero-order chi connectivity index (χ0) is 14.8. The highest BCUT2D eigenvalue weighted by Crippen LogP contribution is 2.31. The van der Waals surface area contributed by atoms with Gasteiger partial charge in [0.25, 0.3) is 0 Å². The third kappa shape index (κ3) is 5.81. The van der Waals surface area contributed by atoms with Crippen molar-refractivity contribution in [2.45, 2.75) is 71.2 Å². The van der Waals surface area contributed by atoms with Gasteiger partial charge in [-0.1, -0.05) is 19.3 Å². The van der Waals surface area contributed by atoms with Crippen molar-refractivity contribution in [2.75, 3.05) is 19.8 Å². The summed E-state index contributed by atoms with van der Waals surface area (Å²) in [5.41, 5.74) is -0.580. The molecule has 1 aliphatic rings. The molecule has 0 saturated heterocycles. The van der Waals surface area contributed by atoms with Gasteiger partial charge in [0.05, 0.1) is 12.2 Å². The maximum atomic E-state index is 10.5. The highest BCUT2D eigenvalue weighted by molar-refractivity contribution is 5.02. The van der Waals surface area contributed by atoms with Crippen LogP contribution in [0.4, 0.5) is 0 Å². The smallest absolute Gasteiger partial charge is 0.216 e. The Hall–Kier alpha value is -0.580. The highest BCUT2D eigenvalue weighted by atomic mass is 16.7. The van der Waals surface area contributed by atoms with E-state index in [4.69, 9.17) is 14.2 Å². The van der Waals surface area contributed by atoms with Crippen LogP contribution in [0.5, 0.6) is 0 Å². The lowest BCUT2D eigenvalue weighted by Crippen LogP contribution is -2.31. The molecule has 1 saturated carbocycles. The van der Waals surface area contributed by atoms with E-state index in [9.17, 15) is 5.11 Å². The van der Waals surface area contributed by atoms with Crippen LogP contribution in [0.1, 0.15) is 59.3 Å². The maximum Gasteiger partial charge on any atom is 0.216 e.